The average Bonchev–Trinajstić information content (AvgIpc) is 2.31. The fraction of sp³-hybridized carbons (Fsp3) is 1.00. The summed E-state index contributed by atoms with van der Waals surface area (Å²) >= 11 is 0. The van der Waals surface area contributed by atoms with Crippen LogP contribution in [0.3, 0.4) is 0 Å². The summed E-state index contributed by atoms with van der Waals surface area (Å²) in [6, 6.07) is -2.55. The van der Waals surface area contributed by atoms with Crippen molar-refractivity contribution in [3.8, 4) is 0 Å². The minimum Gasteiger partial charge on any atom is -0.396 e. The molecule has 0 aliphatic rings. The van der Waals surface area contributed by atoms with Gasteiger partial charge in [0.15, 0.2) is 0 Å². The van der Waals surface area contributed by atoms with Gasteiger partial charge in [0.2, 0.25) is 0 Å². The van der Waals surface area contributed by atoms with E-state index in [-0.39, 0.29) is 0 Å². The Labute approximate surface area is 90.0 Å². The summed E-state index contributed by atoms with van der Waals surface area (Å²) in [5.74, 6) is 0. The summed E-state index contributed by atoms with van der Waals surface area (Å²) in [6.07, 6.45) is -3.27. The van der Waals surface area contributed by atoms with Gasteiger partial charge in [-0.1, -0.05) is 10.2 Å². The normalized spacial score (nSPS) is 17.5. The highest BCUT2D eigenvalue weighted by molar-refractivity contribution is 4.88. The van der Waals surface area contributed by atoms with Crippen molar-refractivity contribution in [1.82, 2.24) is 0 Å². The van der Waals surface area contributed by atoms with Gasteiger partial charge in [0, 0.05) is 9.82 Å². The lowest BCUT2D eigenvalue weighted by Crippen LogP contribution is -2.45. The van der Waals surface area contributed by atoms with Crippen LogP contribution in [-0.2, 0) is 0 Å². The number of rotatable bonds is 7. The molecule has 0 aliphatic heterocycles. The number of aliphatic hydroxyl groups is 4. The van der Waals surface area contributed by atoms with Gasteiger partial charge in [0.1, 0.15) is 0 Å². The molecule has 0 bridgehead atoms. The molecular weight excluding hydrogens is 220 g/mol. The number of hydrogen-bond acceptors (Lipinski definition) is 6. The van der Waals surface area contributed by atoms with E-state index in [0.29, 0.717) is 0 Å². The third-order valence-electron chi connectivity index (χ3n) is 1.91. The van der Waals surface area contributed by atoms with Crippen LogP contribution in [0.25, 0.3) is 20.9 Å². The van der Waals surface area contributed by atoms with Crippen LogP contribution in [0.2, 0.25) is 0 Å². The van der Waals surface area contributed by atoms with Gasteiger partial charge >= 0.3 is 0 Å². The van der Waals surface area contributed by atoms with Crippen molar-refractivity contribution in [2.75, 3.05) is 13.2 Å². The maximum atomic E-state index is 9.47. The minimum absolute atomic E-state index is 0.684. The highest BCUT2D eigenvalue weighted by atomic mass is 16.3. The monoisotopic (exact) mass is 232 g/mol. The van der Waals surface area contributed by atoms with Crippen molar-refractivity contribution >= 4 is 0 Å². The Morgan fingerprint density at radius 1 is 0.875 bits per heavy atom. The van der Waals surface area contributed by atoms with Gasteiger partial charge < -0.3 is 20.4 Å². The van der Waals surface area contributed by atoms with Crippen molar-refractivity contribution in [3.05, 3.63) is 20.9 Å². The third kappa shape index (κ3) is 3.91. The zero-order chi connectivity index (χ0) is 12.6. The number of azide groups is 2. The predicted octanol–water partition coefficient (Wildman–Crippen LogP) is -0.949. The smallest absolute Gasteiger partial charge is 0.0911 e. The second kappa shape index (κ2) is 7.71. The van der Waals surface area contributed by atoms with Crippen molar-refractivity contribution in [1.29, 1.82) is 0 Å². The first-order valence-electron chi connectivity index (χ1n) is 4.28. The molecule has 0 heterocycles. The maximum absolute atomic E-state index is 9.47. The first-order chi connectivity index (χ1) is 7.62. The molecule has 0 saturated carbocycles. The van der Waals surface area contributed by atoms with Crippen molar-refractivity contribution in [2.24, 2.45) is 10.2 Å². The summed E-state index contributed by atoms with van der Waals surface area (Å²) in [4.78, 5) is 4.74. The van der Waals surface area contributed by atoms with Crippen LogP contribution in [0, 0.1) is 0 Å². The lowest BCUT2D eigenvalue weighted by molar-refractivity contribution is -0.0280. The van der Waals surface area contributed by atoms with E-state index in [1.165, 1.54) is 0 Å². The highest BCUT2D eigenvalue weighted by Gasteiger charge is 2.30. The van der Waals surface area contributed by atoms with Crippen molar-refractivity contribution < 1.29 is 20.4 Å². The summed E-state index contributed by atoms with van der Waals surface area (Å²) in [5, 5.41) is 42.5. The standard InChI is InChI=1S/C6H12N6O4/c7-11-9-3(1-13)5(15)6(16)4(2-14)10-12-8/h3-6,13-16H,1-2H2/t3-,4-,5-,6-/m1/s1. The van der Waals surface area contributed by atoms with E-state index in [2.05, 4.69) is 20.1 Å². The third-order valence-corrected chi connectivity index (χ3v) is 1.91. The molecule has 0 amide bonds. The van der Waals surface area contributed by atoms with Crippen LogP contribution in [-0.4, -0.2) is 57.9 Å². The van der Waals surface area contributed by atoms with E-state index < -0.39 is 37.5 Å². The zero-order valence-electron chi connectivity index (χ0n) is 8.20. The average molecular weight is 232 g/mol. The van der Waals surface area contributed by atoms with Crippen LogP contribution in [0.5, 0.6) is 0 Å². The minimum atomic E-state index is -1.64. The molecule has 90 valence electrons. The van der Waals surface area contributed by atoms with E-state index in [0.717, 1.165) is 0 Å². The largest absolute Gasteiger partial charge is 0.396 e. The molecule has 0 saturated heterocycles. The SMILES string of the molecule is [N-]=[N+]=N[C@H](CO)[C@@H](O)[C@H](O)[C@@H](CO)N=[N+]=[N-]. The van der Waals surface area contributed by atoms with Gasteiger partial charge in [-0.15, -0.1) is 0 Å². The molecule has 4 N–H and O–H groups in total. The molecule has 10 heteroatoms. The predicted molar refractivity (Wildman–Crippen MR) is 52.1 cm³/mol. The summed E-state index contributed by atoms with van der Waals surface area (Å²) in [6.45, 7) is -1.37. The number of nitrogens with zero attached hydrogens (tertiary/aromatic N) is 6. The van der Waals surface area contributed by atoms with Crippen LogP contribution in [0.4, 0.5) is 0 Å². The summed E-state index contributed by atoms with van der Waals surface area (Å²) < 4.78 is 0. The first kappa shape index (κ1) is 14.5. The van der Waals surface area contributed by atoms with Crippen LogP contribution >= 0.6 is 0 Å². The van der Waals surface area contributed by atoms with Gasteiger partial charge in [-0.2, -0.15) is 0 Å². The lowest BCUT2D eigenvalue weighted by atomic mass is 10.0. The van der Waals surface area contributed by atoms with Crippen LogP contribution in [0.1, 0.15) is 0 Å². The molecule has 10 nitrogen and oxygen atoms in total. The van der Waals surface area contributed by atoms with Gasteiger partial charge in [-0.05, 0) is 11.1 Å². The van der Waals surface area contributed by atoms with Crippen molar-refractivity contribution in [2.45, 2.75) is 24.3 Å². The Morgan fingerprint density at radius 3 is 1.38 bits per heavy atom. The van der Waals surface area contributed by atoms with Crippen LogP contribution < -0.4 is 0 Å². The number of hydrogen-bond donors (Lipinski definition) is 4. The topological polar surface area (TPSA) is 178 Å². The first-order valence-corrected chi connectivity index (χ1v) is 4.28. The maximum Gasteiger partial charge on any atom is 0.0911 e. The Hall–Kier alpha value is -1.54. The Morgan fingerprint density at radius 2 is 1.19 bits per heavy atom. The second-order valence-electron chi connectivity index (χ2n) is 2.89. The van der Waals surface area contributed by atoms with Gasteiger partial charge in [-0.25, -0.2) is 0 Å². The van der Waals surface area contributed by atoms with Crippen LogP contribution in [0.15, 0.2) is 10.2 Å². The molecule has 0 aromatic rings. The molecule has 0 spiro atoms. The molecule has 0 aromatic heterocycles. The van der Waals surface area contributed by atoms with E-state index in [1.807, 2.05) is 0 Å². The van der Waals surface area contributed by atoms with E-state index in [9.17, 15) is 10.2 Å². The molecule has 16 heavy (non-hydrogen) atoms. The quantitative estimate of drug-likeness (QED) is 0.251. The molecule has 0 unspecified atom stereocenters. The molecular formula is C6H12N6O4. The molecule has 0 radical (unpaired) electrons. The zero-order valence-corrected chi connectivity index (χ0v) is 8.20. The van der Waals surface area contributed by atoms with Gasteiger partial charge in [0.05, 0.1) is 37.5 Å². The molecule has 0 fully saturated rings. The van der Waals surface area contributed by atoms with E-state index >= 15 is 0 Å². The molecule has 0 aromatic carbocycles. The lowest BCUT2D eigenvalue weighted by Gasteiger charge is -2.25. The molecule has 4 atom stereocenters. The Bertz CT molecular complexity index is 269. The van der Waals surface area contributed by atoms with Gasteiger partial charge in [-0.3, -0.25) is 0 Å². The molecule has 0 rings (SSSR count). The Kier molecular flexibility index (Phi) is 6.97. The fourth-order valence-corrected chi connectivity index (χ4v) is 1.01. The number of aliphatic hydroxyl groups excluding tert-OH is 4. The second-order valence-corrected chi connectivity index (χ2v) is 2.89. The van der Waals surface area contributed by atoms with E-state index in [1.54, 1.807) is 0 Å². The Balaban J connectivity index is 4.72. The summed E-state index contributed by atoms with van der Waals surface area (Å²) in [5.41, 5.74) is 16.2. The summed E-state index contributed by atoms with van der Waals surface area (Å²) in [7, 11) is 0. The van der Waals surface area contributed by atoms with Crippen molar-refractivity contribution in [3.63, 3.8) is 0 Å². The molecule has 0 aliphatic carbocycles. The fourth-order valence-electron chi connectivity index (χ4n) is 1.01. The highest BCUT2D eigenvalue weighted by Crippen LogP contribution is 2.10. The van der Waals surface area contributed by atoms with Gasteiger partial charge in [0.25, 0.3) is 0 Å². The van der Waals surface area contributed by atoms with E-state index in [4.69, 9.17) is 21.3 Å².